The molecule has 6 heavy (non-hydrogen) atoms. The van der Waals surface area contributed by atoms with Gasteiger partial charge in [0.2, 0.25) is 0 Å². The van der Waals surface area contributed by atoms with Gasteiger partial charge in [-0.25, -0.2) is 0 Å². The summed E-state index contributed by atoms with van der Waals surface area (Å²) >= 11 is 0. The van der Waals surface area contributed by atoms with Gasteiger partial charge in [0.1, 0.15) is 0 Å². The van der Waals surface area contributed by atoms with Gasteiger partial charge in [0, 0.05) is 0 Å². The summed E-state index contributed by atoms with van der Waals surface area (Å²) in [5, 5.41) is 0. The van der Waals surface area contributed by atoms with E-state index < -0.39 is 0 Å². The van der Waals surface area contributed by atoms with Gasteiger partial charge in [0.15, 0.2) is 0 Å². The maximum Gasteiger partial charge on any atom is 1.00 e. The molecule has 0 aliphatic carbocycles. The van der Waals surface area contributed by atoms with E-state index in [2.05, 4.69) is 0 Å². The molecule has 0 rings (SSSR count). The maximum absolute atomic E-state index is 0. The van der Waals surface area contributed by atoms with Crippen molar-refractivity contribution < 1.29 is 110 Å². The van der Waals surface area contributed by atoms with E-state index in [0.717, 1.165) is 0 Å². The Labute approximate surface area is 126 Å². The SMILES string of the molecule is Cl.N.[Br-].[Cl-].[K+].[Na+]. The van der Waals surface area contributed by atoms with Crippen LogP contribution in [-0.2, 0) is 0 Å². The van der Waals surface area contributed by atoms with Gasteiger partial charge < -0.3 is 35.5 Å². The molecular formula is H4BrCl2KNNa. The summed E-state index contributed by atoms with van der Waals surface area (Å²) < 4.78 is 0. The molecule has 0 atom stereocenters. The van der Waals surface area contributed by atoms with E-state index in [-0.39, 0.29) is 129 Å². The first-order valence-electron chi connectivity index (χ1n) is 0. The second kappa shape index (κ2) is 38.0. The molecule has 0 fully saturated rings. The molecule has 1 nitrogen and oxygen atoms in total. The molecule has 0 amide bonds. The smallest absolute Gasteiger partial charge is 1.00 e. The van der Waals surface area contributed by atoms with Crippen LogP contribution >= 0.6 is 12.4 Å². The molecule has 0 saturated carbocycles. The van der Waals surface area contributed by atoms with Crippen LogP contribution in [0.15, 0.2) is 0 Å². The molecular weight excluding hydrogens is 227 g/mol. The van der Waals surface area contributed by atoms with E-state index >= 15 is 0 Å². The summed E-state index contributed by atoms with van der Waals surface area (Å²) in [5.41, 5.74) is 0. The van der Waals surface area contributed by atoms with Gasteiger partial charge in [-0.05, 0) is 0 Å². The Balaban J connectivity index is 0. The number of halogens is 3. The Hall–Kier alpha value is 3.66. The number of hydrogen-bond acceptors (Lipinski definition) is 1. The van der Waals surface area contributed by atoms with Gasteiger partial charge in [-0.15, -0.1) is 12.4 Å². The van der Waals surface area contributed by atoms with Gasteiger partial charge >= 0.3 is 80.9 Å². The molecule has 0 radical (unpaired) electrons. The minimum atomic E-state index is 0. The van der Waals surface area contributed by atoms with E-state index in [4.69, 9.17) is 0 Å². The zero-order chi connectivity index (χ0) is 0. The van der Waals surface area contributed by atoms with Crippen LogP contribution < -0.4 is 116 Å². The minimum Gasteiger partial charge on any atom is -1.00 e. The first kappa shape index (κ1) is 54.1. The molecule has 0 heterocycles. The van der Waals surface area contributed by atoms with Crippen molar-refractivity contribution in [2.75, 3.05) is 0 Å². The van der Waals surface area contributed by atoms with Crippen molar-refractivity contribution in [1.29, 1.82) is 0 Å². The molecule has 0 saturated heterocycles. The van der Waals surface area contributed by atoms with Crippen molar-refractivity contribution in [3.63, 3.8) is 0 Å². The topological polar surface area (TPSA) is 35.0 Å². The molecule has 6 heteroatoms. The van der Waals surface area contributed by atoms with Gasteiger partial charge in [-0.1, -0.05) is 0 Å². The molecule has 0 aromatic carbocycles. The van der Waals surface area contributed by atoms with Gasteiger partial charge in [0.25, 0.3) is 0 Å². The quantitative estimate of drug-likeness (QED) is 0.413. The van der Waals surface area contributed by atoms with E-state index in [0.29, 0.717) is 0 Å². The van der Waals surface area contributed by atoms with E-state index in [9.17, 15) is 0 Å². The van der Waals surface area contributed by atoms with Crippen LogP contribution in [0.2, 0.25) is 0 Å². The molecule has 0 aliphatic rings. The second-order valence-electron chi connectivity index (χ2n) is 0. The Morgan fingerprint density at radius 2 is 1.00 bits per heavy atom. The average molecular weight is 231 g/mol. The third-order valence-corrected chi connectivity index (χ3v) is 0. The largest absolute Gasteiger partial charge is 1.00 e. The first-order chi connectivity index (χ1) is 0. The molecule has 0 aromatic heterocycles. The third kappa shape index (κ3) is 25.4. The van der Waals surface area contributed by atoms with Gasteiger partial charge in [0.05, 0.1) is 0 Å². The van der Waals surface area contributed by atoms with Crippen molar-refractivity contribution in [1.82, 2.24) is 6.15 Å². The first-order valence-corrected chi connectivity index (χ1v) is 0. The molecule has 3 N–H and O–H groups in total. The van der Waals surface area contributed by atoms with E-state index in [1.807, 2.05) is 0 Å². The summed E-state index contributed by atoms with van der Waals surface area (Å²) in [6.45, 7) is 0. The maximum atomic E-state index is 0. The average Bonchev–Trinajstić information content (AvgIpc) is 0. The fraction of sp³-hybridized carbons (Fsp3) is 0. The number of rotatable bonds is 0. The summed E-state index contributed by atoms with van der Waals surface area (Å²) in [5.74, 6) is 0. The van der Waals surface area contributed by atoms with Crippen LogP contribution in [0, 0.1) is 0 Å². The number of hydrogen-bond donors (Lipinski definition) is 1. The van der Waals surface area contributed by atoms with Crippen LogP contribution in [0.4, 0.5) is 0 Å². The van der Waals surface area contributed by atoms with Gasteiger partial charge in [-0.2, -0.15) is 0 Å². The summed E-state index contributed by atoms with van der Waals surface area (Å²) in [4.78, 5) is 0. The predicted octanol–water partition coefficient (Wildman–Crippen LogP) is -11.4. The Morgan fingerprint density at radius 1 is 1.00 bits per heavy atom. The van der Waals surface area contributed by atoms with E-state index in [1.54, 1.807) is 0 Å². The van der Waals surface area contributed by atoms with Crippen molar-refractivity contribution in [2.24, 2.45) is 0 Å². The standard InChI is InChI=1S/BrH.2ClH.K.H3N.Na/h3*1H;;1H3;/q;;;+1;;+1/p-2. The molecule has 0 bridgehead atoms. The van der Waals surface area contributed by atoms with E-state index in [1.165, 1.54) is 0 Å². The van der Waals surface area contributed by atoms with Crippen molar-refractivity contribution in [3.05, 3.63) is 0 Å². The van der Waals surface area contributed by atoms with Crippen molar-refractivity contribution in [2.45, 2.75) is 0 Å². The zero-order valence-electron chi connectivity index (χ0n) is 3.87. The van der Waals surface area contributed by atoms with Gasteiger partial charge in [-0.3, -0.25) is 0 Å². The van der Waals surface area contributed by atoms with Crippen LogP contribution in [0.5, 0.6) is 0 Å². The summed E-state index contributed by atoms with van der Waals surface area (Å²) in [6.07, 6.45) is 0. The fourth-order valence-corrected chi connectivity index (χ4v) is 0. The second-order valence-corrected chi connectivity index (χ2v) is 0. The molecule has 0 unspecified atom stereocenters. The third-order valence-electron chi connectivity index (χ3n) is 0. The van der Waals surface area contributed by atoms with Crippen LogP contribution in [0.3, 0.4) is 0 Å². The van der Waals surface area contributed by atoms with Crippen LogP contribution in [0.25, 0.3) is 0 Å². The minimum absolute atomic E-state index is 0. The Kier molecular flexibility index (Phi) is 342. The Morgan fingerprint density at radius 3 is 1.00 bits per heavy atom. The molecule has 32 valence electrons. The fourth-order valence-electron chi connectivity index (χ4n) is 0. The Bertz CT molecular complexity index is 13.5. The van der Waals surface area contributed by atoms with Crippen LogP contribution in [0.1, 0.15) is 0 Å². The molecule has 0 aromatic rings. The summed E-state index contributed by atoms with van der Waals surface area (Å²) in [7, 11) is 0. The monoisotopic (exact) mass is 229 g/mol. The van der Waals surface area contributed by atoms with Crippen LogP contribution in [-0.4, -0.2) is 0 Å². The predicted molar refractivity (Wildman–Crippen MR) is 12.3 cm³/mol. The molecule has 0 spiro atoms. The van der Waals surface area contributed by atoms with Crippen molar-refractivity contribution in [3.8, 4) is 0 Å². The molecule has 0 aliphatic heterocycles. The van der Waals surface area contributed by atoms with Crippen molar-refractivity contribution >= 4 is 12.4 Å². The normalized spacial score (nSPS) is 0. The summed E-state index contributed by atoms with van der Waals surface area (Å²) in [6, 6.07) is 0. The zero-order valence-corrected chi connectivity index (χ0v) is 12.2.